The van der Waals surface area contributed by atoms with Gasteiger partial charge in [-0.2, -0.15) is 4.98 Å². The first-order valence-corrected chi connectivity index (χ1v) is 8.75. The first-order valence-electron chi connectivity index (χ1n) is 8.75. The van der Waals surface area contributed by atoms with Crippen molar-refractivity contribution in [3.63, 3.8) is 0 Å². The van der Waals surface area contributed by atoms with E-state index in [4.69, 9.17) is 9.47 Å². The van der Waals surface area contributed by atoms with Crippen molar-refractivity contribution in [1.29, 1.82) is 0 Å². The van der Waals surface area contributed by atoms with Gasteiger partial charge in [0, 0.05) is 23.9 Å². The maximum Gasteiger partial charge on any atom is 0.229 e. The van der Waals surface area contributed by atoms with Crippen molar-refractivity contribution < 1.29 is 9.47 Å². The van der Waals surface area contributed by atoms with E-state index in [-0.39, 0.29) is 6.04 Å². The van der Waals surface area contributed by atoms with E-state index in [0.717, 1.165) is 22.9 Å². The fraction of sp³-hybridized carbons (Fsp3) is 0.238. The van der Waals surface area contributed by atoms with E-state index in [0.29, 0.717) is 11.7 Å². The number of aromatic nitrogens is 2. The van der Waals surface area contributed by atoms with Crippen LogP contribution in [0.15, 0.2) is 54.6 Å². The Bertz CT molecular complexity index is 900. The molecule has 0 aliphatic heterocycles. The van der Waals surface area contributed by atoms with Crippen LogP contribution in [0.25, 0.3) is 0 Å². The molecule has 0 radical (unpaired) electrons. The maximum absolute atomic E-state index is 5.41. The predicted molar refractivity (Wildman–Crippen MR) is 108 cm³/mol. The largest absolute Gasteiger partial charge is 0.497 e. The molecule has 0 bridgehead atoms. The number of rotatable bonds is 7. The molecule has 1 aromatic heterocycles. The highest BCUT2D eigenvalue weighted by Gasteiger charge is 2.11. The summed E-state index contributed by atoms with van der Waals surface area (Å²) >= 11 is 0. The Kier molecular flexibility index (Phi) is 5.76. The summed E-state index contributed by atoms with van der Waals surface area (Å²) in [7, 11) is 3.25. The van der Waals surface area contributed by atoms with Crippen LogP contribution in [0.2, 0.25) is 0 Å². The average molecular weight is 364 g/mol. The van der Waals surface area contributed by atoms with Gasteiger partial charge in [0.05, 0.1) is 19.9 Å². The molecular weight excluding hydrogens is 340 g/mol. The number of ether oxygens (including phenoxy) is 2. The van der Waals surface area contributed by atoms with Crippen LogP contribution in [0, 0.1) is 6.92 Å². The SMILES string of the molecule is COc1ccc(OC)c(Nc2nc(C)cc(NC(C)c3ccccc3)n2)c1. The summed E-state index contributed by atoms with van der Waals surface area (Å²) in [5.74, 6) is 2.66. The molecule has 3 aromatic rings. The third-order valence-electron chi connectivity index (χ3n) is 4.17. The van der Waals surface area contributed by atoms with Crippen molar-refractivity contribution >= 4 is 17.5 Å². The zero-order chi connectivity index (χ0) is 19.2. The van der Waals surface area contributed by atoms with Crippen LogP contribution in [-0.2, 0) is 0 Å². The van der Waals surface area contributed by atoms with Crippen LogP contribution >= 0.6 is 0 Å². The summed E-state index contributed by atoms with van der Waals surface area (Å²) in [6.07, 6.45) is 0. The molecule has 0 amide bonds. The molecule has 2 aromatic carbocycles. The van der Waals surface area contributed by atoms with Gasteiger partial charge < -0.3 is 20.1 Å². The van der Waals surface area contributed by atoms with Crippen LogP contribution < -0.4 is 20.1 Å². The molecule has 6 heteroatoms. The molecule has 0 saturated carbocycles. The standard InChI is InChI=1S/C21H24N4O2/c1-14-12-20(23-15(2)16-8-6-5-7-9-16)25-21(22-14)24-18-13-17(26-3)10-11-19(18)27-4/h5-13,15H,1-4H3,(H2,22,23,24,25). The number of methoxy groups -OCH3 is 2. The molecule has 3 rings (SSSR count). The lowest BCUT2D eigenvalue weighted by Gasteiger charge is -2.17. The van der Waals surface area contributed by atoms with E-state index in [1.165, 1.54) is 5.56 Å². The fourth-order valence-electron chi connectivity index (χ4n) is 2.78. The highest BCUT2D eigenvalue weighted by Crippen LogP contribution is 2.31. The van der Waals surface area contributed by atoms with Gasteiger partial charge in [0.25, 0.3) is 0 Å². The normalized spacial score (nSPS) is 11.6. The predicted octanol–water partition coefficient (Wildman–Crippen LogP) is 4.72. The van der Waals surface area contributed by atoms with Gasteiger partial charge >= 0.3 is 0 Å². The van der Waals surface area contributed by atoms with Crippen LogP contribution in [0.3, 0.4) is 0 Å². The van der Waals surface area contributed by atoms with Gasteiger partial charge in [-0.05, 0) is 31.5 Å². The highest BCUT2D eigenvalue weighted by atomic mass is 16.5. The van der Waals surface area contributed by atoms with Gasteiger partial charge in [0.15, 0.2) is 0 Å². The van der Waals surface area contributed by atoms with E-state index >= 15 is 0 Å². The van der Waals surface area contributed by atoms with Crippen LogP contribution in [-0.4, -0.2) is 24.2 Å². The fourth-order valence-corrected chi connectivity index (χ4v) is 2.78. The Labute approximate surface area is 159 Å². The first-order chi connectivity index (χ1) is 13.1. The Balaban J connectivity index is 1.84. The molecule has 1 heterocycles. The van der Waals surface area contributed by atoms with E-state index in [1.807, 2.05) is 49.4 Å². The zero-order valence-electron chi connectivity index (χ0n) is 16.0. The Morgan fingerprint density at radius 1 is 0.926 bits per heavy atom. The van der Waals surface area contributed by atoms with Crippen molar-refractivity contribution in [3.8, 4) is 11.5 Å². The monoisotopic (exact) mass is 364 g/mol. The van der Waals surface area contributed by atoms with E-state index in [1.54, 1.807) is 14.2 Å². The van der Waals surface area contributed by atoms with E-state index in [2.05, 4.69) is 39.7 Å². The van der Waals surface area contributed by atoms with Gasteiger partial charge in [0.1, 0.15) is 17.3 Å². The number of anilines is 3. The molecule has 0 aliphatic rings. The molecule has 2 N–H and O–H groups in total. The second-order valence-electron chi connectivity index (χ2n) is 6.19. The Morgan fingerprint density at radius 2 is 1.70 bits per heavy atom. The minimum atomic E-state index is 0.125. The van der Waals surface area contributed by atoms with E-state index < -0.39 is 0 Å². The summed E-state index contributed by atoms with van der Waals surface area (Å²) in [6.45, 7) is 4.04. The summed E-state index contributed by atoms with van der Waals surface area (Å²) in [6, 6.07) is 17.8. The lowest BCUT2D eigenvalue weighted by molar-refractivity contribution is 0.405. The maximum atomic E-state index is 5.41. The average Bonchev–Trinajstić information content (AvgIpc) is 2.68. The summed E-state index contributed by atoms with van der Waals surface area (Å²) in [5.41, 5.74) is 2.79. The first kappa shape index (κ1) is 18.5. The lowest BCUT2D eigenvalue weighted by atomic mass is 10.1. The van der Waals surface area contributed by atoms with Gasteiger partial charge in [-0.3, -0.25) is 0 Å². The Morgan fingerprint density at radius 3 is 2.41 bits per heavy atom. The number of hydrogen-bond donors (Lipinski definition) is 2. The highest BCUT2D eigenvalue weighted by molar-refractivity contribution is 5.65. The van der Waals surface area contributed by atoms with Gasteiger partial charge in [-0.1, -0.05) is 30.3 Å². The number of benzene rings is 2. The van der Waals surface area contributed by atoms with Crippen molar-refractivity contribution in [1.82, 2.24) is 9.97 Å². The lowest BCUT2D eigenvalue weighted by Crippen LogP contribution is -2.10. The molecule has 27 heavy (non-hydrogen) atoms. The van der Waals surface area contributed by atoms with Crippen LogP contribution in [0.4, 0.5) is 17.5 Å². The van der Waals surface area contributed by atoms with Gasteiger partial charge in [-0.15, -0.1) is 0 Å². The second kappa shape index (κ2) is 8.40. The summed E-state index contributed by atoms with van der Waals surface area (Å²) < 4.78 is 10.7. The van der Waals surface area contributed by atoms with Crippen molar-refractivity contribution in [3.05, 3.63) is 65.9 Å². The minimum absolute atomic E-state index is 0.125. The number of nitrogens with zero attached hydrogens (tertiary/aromatic N) is 2. The molecule has 0 aliphatic carbocycles. The Hall–Kier alpha value is -3.28. The molecule has 0 saturated heterocycles. The molecule has 1 unspecified atom stereocenters. The zero-order valence-corrected chi connectivity index (χ0v) is 16.0. The molecule has 1 atom stereocenters. The molecule has 0 spiro atoms. The smallest absolute Gasteiger partial charge is 0.229 e. The third kappa shape index (κ3) is 4.67. The summed E-state index contributed by atoms with van der Waals surface area (Å²) in [5, 5.41) is 6.65. The topological polar surface area (TPSA) is 68.3 Å². The quantitative estimate of drug-likeness (QED) is 0.632. The molecular formula is C21H24N4O2. The van der Waals surface area contributed by atoms with Crippen LogP contribution in [0.5, 0.6) is 11.5 Å². The van der Waals surface area contributed by atoms with Gasteiger partial charge in [-0.25, -0.2) is 4.98 Å². The molecule has 140 valence electrons. The van der Waals surface area contributed by atoms with Crippen molar-refractivity contribution in [2.75, 3.05) is 24.9 Å². The van der Waals surface area contributed by atoms with E-state index in [9.17, 15) is 0 Å². The van der Waals surface area contributed by atoms with Crippen molar-refractivity contribution in [2.45, 2.75) is 19.9 Å². The second-order valence-corrected chi connectivity index (χ2v) is 6.19. The molecule has 6 nitrogen and oxygen atoms in total. The van der Waals surface area contributed by atoms with Gasteiger partial charge in [0.2, 0.25) is 5.95 Å². The number of hydrogen-bond acceptors (Lipinski definition) is 6. The number of nitrogens with one attached hydrogen (secondary N) is 2. The molecule has 0 fully saturated rings. The van der Waals surface area contributed by atoms with Crippen LogP contribution in [0.1, 0.15) is 24.2 Å². The van der Waals surface area contributed by atoms with Crippen molar-refractivity contribution in [2.24, 2.45) is 0 Å². The minimum Gasteiger partial charge on any atom is -0.497 e. The summed E-state index contributed by atoms with van der Waals surface area (Å²) in [4.78, 5) is 9.08. The number of aryl methyl sites for hydroxylation is 1. The third-order valence-corrected chi connectivity index (χ3v) is 4.17.